The minimum Gasteiger partial charge on any atom is -0.347 e. The van der Waals surface area contributed by atoms with E-state index in [4.69, 9.17) is 0 Å². The Bertz CT molecular complexity index is 1040. The molecule has 0 fully saturated rings. The highest BCUT2D eigenvalue weighted by Crippen LogP contribution is 2.20. The van der Waals surface area contributed by atoms with E-state index in [9.17, 15) is 14.0 Å². The summed E-state index contributed by atoms with van der Waals surface area (Å²) in [6, 6.07) is 9.87. The van der Waals surface area contributed by atoms with Crippen LogP contribution in [0.15, 0.2) is 51.9 Å². The van der Waals surface area contributed by atoms with Crippen molar-refractivity contribution in [3.8, 4) is 0 Å². The highest BCUT2D eigenvalue weighted by molar-refractivity contribution is 9.10. The summed E-state index contributed by atoms with van der Waals surface area (Å²) < 4.78 is 16.4. The van der Waals surface area contributed by atoms with Crippen LogP contribution in [0.4, 0.5) is 10.1 Å². The van der Waals surface area contributed by atoms with Crippen LogP contribution in [-0.4, -0.2) is 10.5 Å². The fourth-order valence-corrected chi connectivity index (χ4v) is 3.05. The average molecular weight is 403 g/mol. The van der Waals surface area contributed by atoms with Crippen molar-refractivity contribution in [3.63, 3.8) is 0 Å². The Kier molecular flexibility index (Phi) is 4.72. The zero-order valence-electron chi connectivity index (χ0n) is 13.8. The fraction of sp³-hybridized carbons (Fsp3) is 0.158. The van der Waals surface area contributed by atoms with Crippen LogP contribution in [0.5, 0.6) is 0 Å². The van der Waals surface area contributed by atoms with Gasteiger partial charge in [0.2, 0.25) is 5.43 Å². The van der Waals surface area contributed by atoms with Gasteiger partial charge in [0.25, 0.3) is 5.91 Å². The number of nitrogens with one attached hydrogen (secondary N) is 1. The molecule has 0 saturated heterocycles. The van der Waals surface area contributed by atoms with Crippen LogP contribution in [0.3, 0.4) is 0 Å². The second-order valence-electron chi connectivity index (χ2n) is 5.76. The molecular weight excluding hydrogens is 387 g/mol. The summed E-state index contributed by atoms with van der Waals surface area (Å²) in [7, 11) is 0. The zero-order chi connectivity index (χ0) is 18.1. The lowest BCUT2D eigenvalue weighted by molar-refractivity contribution is 0.102. The van der Waals surface area contributed by atoms with Crippen molar-refractivity contribution in [2.24, 2.45) is 0 Å². The third-order valence-corrected chi connectivity index (χ3v) is 4.49. The second kappa shape index (κ2) is 6.80. The zero-order valence-corrected chi connectivity index (χ0v) is 15.4. The van der Waals surface area contributed by atoms with Crippen molar-refractivity contribution in [2.45, 2.75) is 20.4 Å². The number of anilines is 1. The molecule has 128 valence electrons. The predicted molar refractivity (Wildman–Crippen MR) is 101 cm³/mol. The standard InChI is InChI=1S/C19H16BrFN2O2/c1-3-23-10-14(18(24)13-8-11(2)4-7-17(13)23)19(25)22-16-6-5-12(20)9-15(16)21/h4-10H,3H2,1-2H3,(H,22,25). The van der Waals surface area contributed by atoms with E-state index in [0.29, 0.717) is 16.4 Å². The molecule has 25 heavy (non-hydrogen) atoms. The van der Waals surface area contributed by atoms with E-state index in [1.807, 2.05) is 30.5 Å². The Hall–Kier alpha value is -2.47. The lowest BCUT2D eigenvalue weighted by Crippen LogP contribution is -2.24. The van der Waals surface area contributed by atoms with E-state index in [-0.39, 0.29) is 16.7 Å². The molecule has 0 unspecified atom stereocenters. The van der Waals surface area contributed by atoms with Gasteiger partial charge in [0.15, 0.2) is 0 Å². The molecule has 1 heterocycles. The number of aromatic nitrogens is 1. The molecule has 0 aliphatic carbocycles. The Morgan fingerprint density at radius 3 is 2.68 bits per heavy atom. The lowest BCUT2D eigenvalue weighted by Gasteiger charge is -2.12. The van der Waals surface area contributed by atoms with Crippen LogP contribution in [0.25, 0.3) is 10.9 Å². The quantitative estimate of drug-likeness (QED) is 0.701. The topological polar surface area (TPSA) is 51.1 Å². The molecule has 2 aromatic carbocycles. The first-order valence-corrected chi connectivity index (χ1v) is 8.60. The summed E-state index contributed by atoms with van der Waals surface area (Å²) in [5.74, 6) is -1.20. The molecule has 0 aliphatic rings. The smallest absolute Gasteiger partial charge is 0.261 e. The molecular formula is C19H16BrFN2O2. The molecule has 4 nitrogen and oxygen atoms in total. The number of carbonyl (C=O) groups excluding carboxylic acids is 1. The summed E-state index contributed by atoms with van der Waals surface area (Å²) in [4.78, 5) is 25.3. The van der Waals surface area contributed by atoms with E-state index in [0.717, 1.165) is 11.1 Å². The number of rotatable bonds is 3. The second-order valence-corrected chi connectivity index (χ2v) is 6.67. The molecule has 0 radical (unpaired) electrons. The molecule has 1 N–H and O–H groups in total. The van der Waals surface area contributed by atoms with E-state index in [2.05, 4.69) is 21.2 Å². The third-order valence-electron chi connectivity index (χ3n) is 4.00. The summed E-state index contributed by atoms with van der Waals surface area (Å²) in [6.07, 6.45) is 1.52. The number of pyridine rings is 1. The molecule has 0 saturated carbocycles. The Morgan fingerprint density at radius 1 is 1.24 bits per heavy atom. The van der Waals surface area contributed by atoms with Gasteiger partial charge in [-0.3, -0.25) is 9.59 Å². The molecule has 3 rings (SSSR count). The van der Waals surface area contributed by atoms with Gasteiger partial charge in [0.1, 0.15) is 11.4 Å². The molecule has 6 heteroatoms. The van der Waals surface area contributed by atoms with Gasteiger partial charge in [-0.2, -0.15) is 0 Å². The number of hydrogen-bond acceptors (Lipinski definition) is 2. The molecule has 0 spiro atoms. The van der Waals surface area contributed by atoms with Gasteiger partial charge < -0.3 is 9.88 Å². The summed E-state index contributed by atoms with van der Waals surface area (Å²) in [6.45, 7) is 4.42. The first-order chi connectivity index (χ1) is 11.9. The molecule has 3 aromatic rings. The van der Waals surface area contributed by atoms with E-state index in [1.54, 1.807) is 12.1 Å². The van der Waals surface area contributed by atoms with Crippen LogP contribution < -0.4 is 10.7 Å². The summed E-state index contributed by atoms with van der Waals surface area (Å²) >= 11 is 3.17. The number of amides is 1. The van der Waals surface area contributed by atoms with E-state index < -0.39 is 11.7 Å². The third kappa shape index (κ3) is 3.35. The fourth-order valence-electron chi connectivity index (χ4n) is 2.72. The first-order valence-electron chi connectivity index (χ1n) is 7.81. The Morgan fingerprint density at radius 2 is 2.00 bits per heavy atom. The van der Waals surface area contributed by atoms with Gasteiger partial charge in [-0.15, -0.1) is 0 Å². The molecule has 0 atom stereocenters. The van der Waals surface area contributed by atoms with Crippen LogP contribution in [-0.2, 0) is 6.54 Å². The number of fused-ring (bicyclic) bond motifs is 1. The Balaban J connectivity index is 2.10. The maximum Gasteiger partial charge on any atom is 0.261 e. The van der Waals surface area contributed by atoms with Crippen molar-refractivity contribution < 1.29 is 9.18 Å². The highest BCUT2D eigenvalue weighted by atomic mass is 79.9. The summed E-state index contributed by atoms with van der Waals surface area (Å²) in [5, 5.41) is 2.95. The van der Waals surface area contributed by atoms with Crippen LogP contribution in [0.2, 0.25) is 0 Å². The van der Waals surface area contributed by atoms with Gasteiger partial charge in [-0.05, 0) is 44.2 Å². The van der Waals surface area contributed by atoms with Crippen molar-refractivity contribution >= 4 is 38.4 Å². The van der Waals surface area contributed by atoms with Gasteiger partial charge >= 0.3 is 0 Å². The molecule has 0 aliphatic heterocycles. The lowest BCUT2D eigenvalue weighted by atomic mass is 10.1. The highest BCUT2D eigenvalue weighted by Gasteiger charge is 2.17. The van der Waals surface area contributed by atoms with Crippen LogP contribution in [0.1, 0.15) is 22.8 Å². The SMILES string of the molecule is CCn1cc(C(=O)Nc2ccc(Br)cc2F)c(=O)c2cc(C)ccc21. The summed E-state index contributed by atoms with van der Waals surface area (Å²) in [5.41, 5.74) is 1.36. The van der Waals surface area contributed by atoms with Crippen molar-refractivity contribution in [3.05, 3.63) is 74.2 Å². The Labute approximate surface area is 152 Å². The van der Waals surface area contributed by atoms with E-state index in [1.165, 1.54) is 18.3 Å². The van der Waals surface area contributed by atoms with Crippen molar-refractivity contribution in [1.82, 2.24) is 4.57 Å². The number of aryl methyl sites for hydroxylation is 2. The minimum atomic E-state index is -0.628. The van der Waals surface area contributed by atoms with Crippen LogP contribution >= 0.6 is 15.9 Å². The number of benzene rings is 2. The van der Waals surface area contributed by atoms with Gasteiger partial charge in [-0.25, -0.2) is 4.39 Å². The molecule has 0 bridgehead atoms. The number of halogens is 2. The van der Waals surface area contributed by atoms with Gasteiger partial charge in [0.05, 0.1) is 11.2 Å². The van der Waals surface area contributed by atoms with Gasteiger partial charge in [0, 0.05) is 22.6 Å². The maximum absolute atomic E-state index is 14.0. The molecule has 1 aromatic heterocycles. The predicted octanol–water partition coefficient (Wildman–Crippen LogP) is 4.48. The van der Waals surface area contributed by atoms with Crippen LogP contribution in [0, 0.1) is 12.7 Å². The van der Waals surface area contributed by atoms with E-state index >= 15 is 0 Å². The number of nitrogens with zero attached hydrogens (tertiary/aromatic N) is 1. The monoisotopic (exact) mass is 402 g/mol. The van der Waals surface area contributed by atoms with Gasteiger partial charge in [-0.1, -0.05) is 27.6 Å². The minimum absolute atomic E-state index is 0.0118. The van der Waals surface area contributed by atoms with Crippen molar-refractivity contribution in [2.75, 3.05) is 5.32 Å². The van der Waals surface area contributed by atoms with Crippen molar-refractivity contribution in [1.29, 1.82) is 0 Å². The maximum atomic E-state index is 14.0. The average Bonchev–Trinajstić information content (AvgIpc) is 2.58. The normalized spacial score (nSPS) is 10.9. The first kappa shape index (κ1) is 17.4. The largest absolute Gasteiger partial charge is 0.347 e. The molecule has 1 amide bonds. The number of carbonyl (C=O) groups is 1. The number of hydrogen-bond donors (Lipinski definition) is 1.